The van der Waals surface area contributed by atoms with Crippen LogP contribution in [0.2, 0.25) is 0 Å². The highest BCUT2D eigenvalue weighted by Crippen LogP contribution is 2.33. The molecule has 8 heteroatoms. The minimum atomic E-state index is 0.261. The lowest BCUT2D eigenvalue weighted by molar-refractivity contribution is 0.174. The molecule has 8 nitrogen and oxygen atoms in total. The summed E-state index contributed by atoms with van der Waals surface area (Å²) in [7, 11) is 3.24. The molecular weight excluding hydrogens is 360 g/mol. The van der Waals surface area contributed by atoms with Crippen molar-refractivity contribution in [2.75, 3.05) is 31.6 Å². The molecule has 28 heavy (non-hydrogen) atoms. The Morgan fingerprint density at radius 2 is 1.89 bits per heavy atom. The number of fused-ring (bicyclic) bond motifs is 1. The van der Waals surface area contributed by atoms with Crippen molar-refractivity contribution in [3.8, 4) is 23.0 Å². The molecule has 1 aromatic heterocycles. The summed E-state index contributed by atoms with van der Waals surface area (Å²) in [5.74, 6) is 4.06. The van der Waals surface area contributed by atoms with E-state index >= 15 is 0 Å². The maximum absolute atomic E-state index is 5.40. The van der Waals surface area contributed by atoms with E-state index in [1.807, 2.05) is 36.4 Å². The van der Waals surface area contributed by atoms with Crippen molar-refractivity contribution in [1.82, 2.24) is 9.97 Å². The third kappa shape index (κ3) is 3.85. The second kappa shape index (κ2) is 7.91. The molecule has 0 fully saturated rings. The summed E-state index contributed by atoms with van der Waals surface area (Å²) < 4.78 is 21.4. The third-order valence-electron chi connectivity index (χ3n) is 4.21. The number of hydrogen-bond donors (Lipinski definition) is 2. The monoisotopic (exact) mass is 380 g/mol. The van der Waals surface area contributed by atoms with Gasteiger partial charge in [-0.2, -0.15) is 4.98 Å². The van der Waals surface area contributed by atoms with Crippen LogP contribution in [0.5, 0.6) is 23.0 Å². The van der Waals surface area contributed by atoms with Crippen LogP contribution in [0.4, 0.5) is 17.5 Å². The number of anilines is 3. The molecule has 1 aliphatic rings. The Kier molecular flexibility index (Phi) is 5.01. The van der Waals surface area contributed by atoms with Gasteiger partial charge < -0.3 is 29.6 Å². The molecular formula is C20H20N4O4. The Balaban J connectivity index is 1.46. The van der Waals surface area contributed by atoms with Crippen LogP contribution in [0.25, 0.3) is 0 Å². The molecule has 0 atom stereocenters. The molecule has 0 radical (unpaired) electrons. The molecule has 0 spiro atoms. The Morgan fingerprint density at radius 1 is 1.00 bits per heavy atom. The van der Waals surface area contributed by atoms with Crippen molar-refractivity contribution in [2.24, 2.45) is 0 Å². The van der Waals surface area contributed by atoms with Gasteiger partial charge in [-0.3, -0.25) is 0 Å². The fraction of sp³-hybridized carbons (Fsp3) is 0.200. The Bertz CT molecular complexity index is 980. The van der Waals surface area contributed by atoms with Crippen molar-refractivity contribution in [1.29, 1.82) is 0 Å². The lowest BCUT2D eigenvalue weighted by atomic mass is 10.2. The summed E-state index contributed by atoms with van der Waals surface area (Å²) in [5, 5.41) is 6.45. The first-order valence-electron chi connectivity index (χ1n) is 8.69. The smallest absolute Gasteiger partial charge is 0.231 e. The molecule has 0 aliphatic carbocycles. The summed E-state index contributed by atoms with van der Waals surface area (Å²) in [6.07, 6.45) is 1.68. The van der Waals surface area contributed by atoms with E-state index in [2.05, 4.69) is 20.6 Å². The van der Waals surface area contributed by atoms with Gasteiger partial charge in [-0.1, -0.05) is 6.07 Å². The van der Waals surface area contributed by atoms with Gasteiger partial charge >= 0.3 is 0 Å². The van der Waals surface area contributed by atoms with Gasteiger partial charge in [0.1, 0.15) is 17.3 Å². The summed E-state index contributed by atoms with van der Waals surface area (Å²) in [6, 6.07) is 13.1. The molecule has 0 bridgehead atoms. The van der Waals surface area contributed by atoms with E-state index in [0.717, 1.165) is 28.5 Å². The maximum Gasteiger partial charge on any atom is 0.231 e. The second-order valence-corrected chi connectivity index (χ2v) is 6.00. The highest BCUT2D eigenvalue weighted by molar-refractivity contribution is 5.66. The van der Waals surface area contributed by atoms with Crippen molar-refractivity contribution in [3.63, 3.8) is 0 Å². The van der Waals surface area contributed by atoms with Gasteiger partial charge in [0.2, 0.25) is 12.7 Å². The van der Waals surface area contributed by atoms with E-state index in [0.29, 0.717) is 24.1 Å². The lowest BCUT2D eigenvalue weighted by Crippen LogP contribution is -2.05. The number of methoxy groups -OCH3 is 2. The number of aromatic nitrogens is 2. The average Bonchev–Trinajstić information content (AvgIpc) is 3.20. The van der Waals surface area contributed by atoms with Crippen molar-refractivity contribution in [3.05, 3.63) is 54.2 Å². The van der Waals surface area contributed by atoms with Gasteiger partial charge in [-0.25, -0.2) is 4.98 Å². The van der Waals surface area contributed by atoms with E-state index in [1.54, 1.807) is 26.5 Å². The molecule has 0 saturated carbocycles. The standard InChI is InChI=1S/C20H20N4O4/c1-25-14-4-6-16(26-2)15(10-14)23-19-7-8-21-20(24-19)22-11-13-3-5-17-18(9-13)28-12-27-17/h3-10H,11-12H2,1-2H3,(H2,21,22,23,24). The fourth-order valence-electron chi connectivity index (χ4n) is 2.80. The quantitative estimate of drug-likeness (QED) is 0.643. The zero-order chi connectivity index (χ0) is 19.3. The second-order valence-electron chi connectivity index (χ2n) is 6.00. The summed E-state index contributed by atoms with van der Waals surface area (Å²) in [6.45, 7) is 0.819. The molecule has 0 unspecified atom stereocenters. The fourth-order valence-corrected chi connectivity index (χ4v) is 2.80. The molecule has 2 heterocycles. The SMILES string of the molecule is COc1ccc(OC)c(Nc2ccnc(NCc3ccc4c(c3)OCO4)n2)c1. The van der Waals surface area contributed by atoms with Crippen molar-refractivity contribution < 1.29 is 18.9 Å². The topological polar surface area (TPSA) is 86.8 Å². The zero-order valence-electron chi connectivity index (χ0n) is 15.6. The van der Waals surface area contributed by atoms with E-state index in [-0.39, 0.29) is 6.79 Å². The predicted molar refractivity (Wildman–Crippen MR) is 105 cm³/mol. The number of rotatable bonds is 7. The largest absolute Gasteiger partial charge is 0.497 e. The van der Waals surface area contributed by atoms with Crippen LogP contribution < -0.4 is 29.6 Å². The number of hydrogen-bond acceptors (Lipinski definition) is 8. The van der Waals surface area contributed by atoms with Crippen LogP contribution in [0, 0.1) is 0 Å². The van der Waals surface area contributed by atoms with E-state index in [1.165, 1.54) is 0 Å². The van der Waals surface area contributed by atoms with Crippen LogP contribution in [-0.4, -0.2) is 31.0 Å². The van der Waals surface area contributed by atoms with Gasteiger partial charge in [-0.05, 0) is 35.9 Å². The molecule has 0 saturated heterocycles. The Morgan fingerprint density at radius 3 is 2.75 bits per heavy atom. The maximum atomic E-state index is 5.40. The van der Waals surface area contributed by atoms with Gasteiger partial charge in [0.15, 0.2) is 11.5 Å². The highest BCUT2D eigenvalue weighted by atomic mass is 16.7. The van der Waals surface area contributed by atoms with Crippen LogP contribution in [0.1, 0.15) is 5.56 Å². The van der Waals surface area contributed by atoms with Gasteiger partial charge in [0.05, 0.1) is 19.9 Å². The van der Waals surface area contributed by atoms with E-state index in [9.17, 15) is 0 Å². The van der Waals surface area contributed by atoms with Gasteiger partial charge in [0.25, 0.3) is 0 Å². The van der Waals surface area contributed by atoms with Gasteiger partial charge in [-0.15, -0.1) is 0 Å². The minimum Gasteiger partial charge on any atom is -0.497 e. The number of ether oxygens (including phenoxy) is 4. The van der Waals surface area contributed by atoms with Crippen LogP contribution >= 0.6 is 0 Å². The number of benzene rings is 2. The summed E-state index contributed by atoms with van der Waals surface area (Å²) in [5.41, 5.74) is 1.79. The number of nitrogens with one attached hydrogen (secondary N) is 2. The molecule has 0 amide bonds. The van der Waals surface area contributed by atoms with Crippen LogP contribution in [-0.2, 0) is 6.54 Å². The highest BCUT2D eigenvalue weighted by Gasteiger charge is 2.13. The van der Waals surface area contributed by atoms with Gasteiger partial charge in [0, 0.05) is 18.8 Å². The molecule has 4 rings (SSSR count). The van der Waals surface area contributed by atoms with Crippen LogP contribution in [0.15, 0.2) is 48.7 Å². The van der Waals surface area contributed by atoms with Crippen LogP contribution in [0.3, 0.4) is 0 Å². The zero-order valence-corrected chi connectivity index (χ0v) is 15.6. The number of nitrogens with zero attached hydrogens (tertiary/aromatic N) is 2. The lowest BCUT2D eigenvalue weighted by Gasteiger charge is -2.13. The Hall–Kier alpha value is -3.68. The average molecular weight is 380 g/mol. The normalized spacial score (nSPS) is 11.8. The molecule has 2 N–H and O–H groups in total. The van der Waals surface area contributed by atoms with Crippen molar-refractivity contribution >= 4 is 17.5 Å². The third-order valence-corrected chi connectivity index (χ3v) is 4.21. The minimum absolute atomic E-state index is 0.261. The molecule has 2 aromatic carbocycles. The van der Waals surface area contributed by atoms with E-state index < -0.39 is 0 Å². The summed E-state index contributed by atoms with van der Waals surface area (Å²) >= 11 is 0. The Labute approximate surface area is 162 Å². The molecule has 3 aromatic rings. The molecule has 1 aliphatic heterocycles. The van der Waals surface area contributed by atoms with E-state index in [4.69, 9.17) is 18.9 Å². The molecule has 144 valence electrons. The van der Waals surface area contributed by atoms with Crippen molar-refractivity contribution in [2.45, 2.75) is 6.54 Å². The predicted octanol–water partition coefficient (Wildman–Crippen LogP) is 3.58. The first-order chi connectivity index (χ1) is 13.7. The first kappa shape index (κ1) is 17.7. The first-order valence-corrected chi connectivity index (χ1v) is 8.69. The summed E-state index contributed by atoms with van der Waals surface area (Å²) in [4.78, 5) is 8.77.